The van der Waals surface area contributed by atoms with E-state index >= 15 is 0 Å². The molecule has 2 heteroatoms. The Morgan fingerprint density at radius 3 is 2.59 bits per heavy atom. The molecule has 102 valence electrons. The van der Waals surface area contributed by atoms with E-state index in [-0.39, 0.29) is 5.60 Å². The Kier molecular flexibility index (Phi) is 6.50. The fourth-order valence-corrected chi connectivity index (χ4v) is 3.22. The van der Waals surface area contributed by atoms with Crippen molar-refractivity contribution in [2.75, 3.05) is 19.6 Å². The lowest BCUT2D eigenvalue weighted by atomic mass is 9.84. The smallest absolute Gasteiger partial charge is 0.0663 e. The van der Waals surface area contributed by atoms with Crippen molar-refractivity contribution in [3.63, 3.8) is 0 Å². The molecule has 0 bridgehead atoms. The summed E-state index contributed by atoms with van der Waals surface area (Å²) in [5.41, 5.74) is -0.378. The van der Waals surface area contributed by atoms with Gasteiger partial charge in [0, 0.05) is 6.54 Å². The molecule has 1 heterocycles. The molecule has 0 amide bonds. The molecule has 0 spiro atoms. The number of hydrogen-bond donors (Lipinski definition) is 1. The van der Waals surface area contributed by atoms with Crippen LogP contribution in [0.15, 0.2) is 0 Å². The maximum absolute atomic E-state index is 10.7. The molecule has 1 rings (SSSR count). The number of nitrogens with zero attached hydrogens (tertiary/aromatic N) is 1. The highest BCUT2D eigenvalue weighted by Gasteiger charge is 2.31. The van der Waals surface area contributed by atoms with E-state index in [1.807, 2.05) is 0 Å². The molecule has 0 aromatic rings. The van der Waals surface area contributed by atoms with Crippen LogP contribution in [0, 0.1) is 5.92 Å². The highest BCUT2D eigenvalue weighted by Crippen LogP contribution is 2.30. The standard InChI is InChI=1S/C15H31NO/c1-4-7-14(3)13-15(17)8-6-11-16(10-5-2)12-9-15/h14,17H,4-13H2,1-3H3. The van der Waals surface area contributed by atoms with Crippen molar-refractivity contribution in [3.05, 3.63) is 0 Å². The predicted octanol–water partition coefficient (Wildman–Crippen LogP) is 3.44. The maximum atomic E-state index is 10.7. The first-order valence-electron chi connectivity index (χ1n) is 7.54. The zero-order valence-corrected chi connectivity index (χ0v) is 12.0. The molecule has 1 aliphatic heterocycles. The Bertz CT molecular complexity index is 207. The van der Waals surface area contributed by atoms with Gasteiger partial charge in [-0.25, -0.2) is 0 Å². The van der Waals surface area contributed by atoms with Crippen molar-refractivity contribution in [1.29, 1.82) is 0 Å². The Balaban J connectivity index is 2.41. The molecular weight excluding hydrogens is 210 g/mol. The third kappa shape index (κ3) is 5.39. The number of aliphatic hydroxyl groups is 1. The topological polar surface area (TPSA) is 23.5 Å². The zero-order chi connectivity index (χ0) is 12.7. The summed E-state index contributed by atoms with van der Waals surface area (Å²) in [6, 6.07) is 0. The molecule has 0 aromatic heterocycles. The summed E-state index contributed by atoms with van der Waals surface area (Å²) in [5.74, 6) is 0.669. The SMILES string of the molecule is CCCC(C)CC1(O)CCCN(CCC)CC1. The van der Waals surface area contributed by atoms with E-state index in [2.05, 4.69) is 25.7 Å². The van der Waals surface area contributed by atoms with E-state index in [1.165, 1.54) is 32.4 Å². The van der Waals surface area contributed by atoms with Gasteiger partial charge >= 0.3 is 0 Å². The van der Waals surface area contributed by atoms with Crippen molar-refractivity contribution in [1.82, 2.24) is 4.90 Å². The summed E-state index contributed by atoms with van der Waals surface area (Å²) in [4.78, 5) is 2.52. The summed E-state index contributed by atoms with van der Waals surface area (Å²) in [6.07, 6.45) is 7.85. The van der Waals surface area contributed by atoms with E-state index < -0.39 is 0 Å². The molecule has 2 nitrogen and oxygen atoms in total. The van der Waals surface area contributed by atoms with Crippen molar-refractivity contribution >= 4 is 0 Å². The van der Waals surface area contributed by atoms with Crippen LogP contribution in [0.1, 0.15) is 65.7 Å². The lowest BCUT2D eigenvalue weighted by Gasteiger charge is -2.30. The van der Waals surface area contributed by atoms with Gasteiger partial charge in [0.2, 0.25) is 0 Å². The zero-order valence-electron chi connectivity index (χ0n) is 12.0. The van der Waals surface area contributed by atoms with E-state index in [0.717, 1.165) is 32.2 Å². The summed E-state index contributed by atoms with van der Waals surface area (Å²) in [6.45, 7) is 10.2. The molecule has 0 saturated carbocycles. The summed E-state index contributed by atoms with van der Waals surface area (Å²) in [7, 11) is 0. The number of rotatable bonds is 6. The van der Waals surface area contributed by atoms with E-state index in [4.69, 9.17) is 0 Å². The van der Waals surface area contributed by atoms with Gasteiger partial charge in [0.15, 0.2) is 0 Å². The van der Waals surface area contributed by atoms with Crippen molar-refractivity contribution in [2.24, 2.45) is 5.92 Å². The predicted molar refractivity (Wildman–Crippen MR) is 74.2 cm³/mol. The van der Waals surface area contributed by atoms with Crippen molar-refractivity contribution in [3.8, 4) is 0 Å². The van der Waals surface area contributed by atoms with Gasteiger partial charge in [-0.3, -0.25) is 0 Å². The Morgan fingerprint density at radius 1 is 1.18 bits per heavy atom. The third-order valence-corrected chi connectivity index (χ3v) is 4.06. The van der Waals surface area contributed by atoms with Crippen LogP contribution in [0.2, 0.25) is 0 Å². The first-order valence-corrected chi connectivity index (χ1v) is 7.54. The van der Waals surface area contributed by atoms with Gasteiger partial charge in [-0.05, 0) is 51.1 Å². The van der Waals surface area contributed by atoms with Gasteiger partial charge in [-0.2, -0.15) is 0 Å². The van der Waals surface area contributed by atoms with E-state index in [0.29, 0.717) is 5.92 Å². The fourth-order valence-electron chi connectivity index (χ4n) is 3.22. The normalized spacial score (nSPS) is 28.9. The van der Waals surface area contributed by atoms with Gasteiger partial charge in [0.05, 0.1) is 5.60 Å². The van der Waals surface area contributed by atoms with Crippen LogP contribution in [0.3, 0.4) is 0 Å². The molecule has 0 aliphatic carbocycles. The van der Waals surface area contributed by atoms with Crippen LogP contribution in [-0.4, -0.2) is 35.2 Å². The first-order chi connectivity index (χ1) is 8.09. The molecule has 2 atom stereocenters. The van der Waals surface area contributed by atoms with Crippen LogP contribution in [0.4, 0.5) is 0 Å². The average molecular weight is 241 g/mol. The minimum absolute atomic E-state index is 0.378. The summed E-state index contributed by atoms with van der Waals surface area (Å²) in [5, 5.41) is 10.7. The highest BCUT2D eigenvalue weighted by atomic mass is 16.3. The molecule has 1 N–H and O–H groups in total. The molecule has 0 aromatic carbocycles. The van der Waals surface area contributed by atoms with E-state index in [9.17, 15) is 5.11 Å². The highest BCUT2D eigenvalue weighted by molar-refractivity contribution is 4.85. The van der Waals surface area contributed by atoms with Gasteiger partial charge in [0.25, 0.3) is 0 Å². The van der Waals surface area contributed by atoms with Crippen LogP contribution < -0.4 is 0 Å². The number of hydrogen-bond acceptors (Lipinski definition) is 2. The van der Waals surface area contributed by atoms with Crippen molar-refractivity contribution < 1.29 is 5.11 Å². The first kappa shape index (κ1) is 15.0. The third-order valence-electron chi connectivity index (χ3n) is 4.06. The minimum Gasteiger partial charge on any atom is -0.390 e. The second kappa shape index (κ2) is 7.38. The molecule has 1 aliphatic rings. The molecule has 2 unspecified atom stereocenters. The number of likely N-dealkylation sites (tertiary alicyclic amines) is 1. The Hall–Kier alpha value is -0.0800. The summed E-state index contributed by atoms with van der Waals surface area (Å²) >= 11 is 0. The van der Waals surface area contributed by atoms with Gasteiger partial charge in [-0.15, -0.1) is 0 Å². The van der Waals surface area contributed by atoms with Crippen LogP contribution >= 0.6 is 0 Å². The molecular formula is C15H31NO. The van der Waals surface area contributed by atoms with Gasteiger partial charge in [0.1, 0.15) is 0 Å². The lowest BCUT2D eigenvalue weighted by Crippen LogP contribution is -2.33. The average Bonchev–Trinajstić information content (AvgIpc) is 2.42. The van der Waals surface area contributed by atoms with Gasteiger partial charge in [-0.1, -0.05) is 33.6 Å². The lowest BCUT2D eigenvalue weighted by molar-refractivity contribution is 0.00282. The van der Waals surface area contributed by atoms with Crippen LogP contribution in [0.5, 0.6) is 0 Å². The van der Waals surface area contributed by atoms with Crippen LogP contribution in [0.25, 0.3) is 0 Å². The van der Waals surface area contributed by atoms with E-state index in [1.54, 1.807) is 0 Å². The molecule has 0 radical (unpaired) electrons. The second-order valence-corrected chi connectivity index (χ2v) is 6.02. The fraction of sp³-hybridized carbons (Fsp3) is 1.00. The molecule has 1 fully saturated rings. The Labute approximate surface area is 107 Å². The monoisotopic (exact) mass is 241 g/mol. The quantitative estimate of drug-likeness (QED) is 0.770. The molecule has 17 heavy (non-hydrogen) atoms. The largest absolute Gasteiger partial charge is 0.390 e. The second-order valence-electron chi connectivity index (χ2n) is 6.02. The maximum Gasteiger partial charge on any atom is 0.0663 e. The Morgan fingerprint density at radius 2 is 1.94 bits per heavy atom. The van der Waals surface area contributed by atoms with Crippen LogP contribution in [-0.2, 0) is 0 Å². The van der Waals surface area contributed by atoms with Crippen molar-refractivity contribution in [2.45, 2.75) is 71.3 Å². The minimum atomic E-state index is -0.378. The summed E-state index contributed by atoms with van der Waals surface area (Å²) < 4.78 is 0. The van der Waals surface area contributed by atoms with Gasteiger partial charge < -0.3 is 10.0 Å². The molecule has 1 saturated heterocycles.